The maximum atomic E-state index is 6.78. The van der Waals surface area contributed by atoms with E-state index in [0.29, 0.717) is 6.61 Å². The number of hydrogen-bond donors (Lipinski definition) is 0. The van der Waals surface area contributed by atoms with Gasteiger partial charge in [-0.1, -0.05) is 89.8 Å². The van der Waals surface area contributed by atoms with E-state index in [4.69, 9.17) is 18.9 Å². The van der Waals surface area contributed by atoms with E-state index in [-0.39, 0.29) is 28.8 Å². The zero-order valence-electron chi connectivity index (χ0n) is 27.9. The summed E-state index contributed by atoms with van der Waals surface area (Å²) in [6.07, 6.45) is 9.32. The third-order valence-corrected chi connectivity index (χ3v) is 9.71. The van der Waals surface area contributed by atoms with Crippen LogP contribution in [0.4, 0.5) is 5.69 Å². The molecule has 1 heterocycles. The van der Waals surface area contributed by atoms with Gasteiger partial charge >= 0.3 is 0 Å². The van der Waals surface area contributed by atoms with Gasteiger partial charge in [0.05, 0.1) is 17.1 Å². The second kappa shape index (κ2) is 20.5. The average molecular weight is 614 g/mol. The van der Waals surface area contributed by atoms with Gasteiger partial charge < -0.3 is 23.8 Å². The summed E-state index contributed by atoms with van der Waals surface area (Å²) in [5.74, 6) is 0. The standard InChI is InChI=1S/C37H59NO4S/c1-7-11-22-39-28-33-34(40-23-12-8-2)35(41-24-13-9-3)36(42-25-14-10-4)37(43-33)31-17-15-16-30(27-31)26-29-18-20-32(21-19-29)38(5)6/h15-21,27,33-37H,7-14,22-26,28H2,1-6H3/t33-,34-,35+,36-,37+/m1/s1. The van der Waals surface area contributed by atoms with Crippen molar-refractivity contribution in [3.05, 3.63) is 65.2 Å². The van der Waals surface area contributed by atoms with Crippen LogP contribution in [0.15, 0.2) is 48.5 Å². The number of anilines is 1. The van der Waals surface area contributed by atoms with Crippen LogP contribution in [0.2, 0.25) is 0 Å². The van der Waals surface area contributed by atoms with Gasteiger partial charge in [-0.05, 0) is 60.9 Å². The first kappa shape index (κ1) is 35.9. The van der Waals surface area contributed by atoms with Crippen molar-refractivity contribution in [2.45, 2.75) is 114 Å². The molecule has 242 valence electrons. The van der Waals surface area contributed by atoms with Gasteiger partial charge in [-0.15, -0.1) is 11.8 Å². The molecule has 0 unspecified atom stereocenters. The van der Waals surface area contributed by atoms with Crippen molar-refractivity contribution in [2.75, 3.05) is 52.0 Å². The molecule has 0 saturated carbocycles. The number of hydrogen-bond acceptors (Lipinski definition) is 6. The zero-order valence-corrected chi connectivity index (χ0v) is 28.7. The van der Waals surface area contributed by atoms with Crippen LogP contribution in [0.1, 0.15) is 101 Å². The highest BCUT2D eigenvalue weighted by Crippen LogP contribution is 2.47. The summed E-state index contributed by atoms with van der Waals surface area (Å²) in [5, 5.41) is 0.323. The third kappa shape index (κ3) is 11.7. The smallest absolute Gasteiger partial charge is 0.112 e. The number of ether oxygens (including phenoxy) is 4. The number of nitrogens with zero attached hydrogens (tertiary/aromatic N) is 1. The molecule has 5 nitrogen and oxygen atoms in total. The Morgan fingerprint density at radius 2 is 1.23 bits per heavy atom. The quantitative estimate of drug-likeness (QED) is 0.131. The second-order valence-corrected chi connectivity index (χ2v) is 13.5. The van der Waals surface area contributed by atoms with Crippen LogP contribution in [0, 0.1) is 0 Å². The zero-order chi connectivity index (χ0) is 30.9. The monoisotopic (exact) mass is 613 g/mol. The molecule has 3 rings (SSSR count). The van der Waals surface area contributed by atoms with Gasteiger partial charge in [-0.25, -0.2) is 0 Å². The fourth-order valence-electron chi connectivity index (χ4n) is 5.46. The summed E-state index contributed by atoms with van der Waals surface area (Å²) in [6.45, 7) is 12.5. The lowest BCUT2D eigenvalue weighted by atomic mass is 9.94. The molecule has 0 radical (unpaired) electrons. The minimum Gasteiger partial charge on any atom is -0.380 e. The van der Waals surface area contributed by atoms with Crippen molar-refractivity contribution >= 4 is 17.4 Å². The van der Waals surface area contributed by atoms with Crippen molar-refractivity contribution in [1.29, 1.82) is 0 Å². The molecule has 2 aromatic rings. The van der Waals surface area contributed by atoms with Gasteiger partial charge in [0.25, 0.3) is 0 Å². The van der Waals surface area contributed by atoms with Crippen LogP contribution < -0.4 is 4.90 Å². The number of unbranched alkanes of at least 4 members (excludes halogenated alkanes) is 4. The number of rotatable bonds is 21. The van der Waals surface area contributed by atoms with Gasteiger partial charge in [0, 0.05) is 46.2 Å². The molecule has 1 aliphatic heterocycles. The molecule has 0 aliphatic carbocycles. The molecule has 5 atom stereocenters. The average Bonchev–Trinajstić information content (AvgIpc) is 3.01. The van der Waals surface area contributed by atoms with E-state index in [9.17, 15) is 0 Å². The number of benzene rings is 2. The Labute approximate surface area is 267 Å². The molecular weight excluding hydrogens is 554 g/mol. The summed E-state index contributed by atoms with van der Waals surface area (Å²) < 4.78 is 26.5. The van der Waals surface area contributed by atoms with Crippen molar-refractivity contribution in [1.82, 2.24) is 0 Å². The summed E-state index contributed by atoms with van der Waals surface area (Å²) >= 11 is 1.98. The summed E-state index contributed by atoms with van der Waals surface area (Å²) in [4.78, 5) is 2.14. The predicted octanol–water partition coefficient (Wildman–Crippen LogP) is 8.87. The van der Waals surface area contributed by atoms with Crippen LogP contribution >= 0.6 is 11.8 Å². The van der Waals surface area contributed by atoms with Gasteiger partial charge in [-0.3, -0.25) is 0 Å². The fourth-order valence-corrected chi connectivity index (χ4v) is 7.09. The fraction of sp³-hybridized carbons (Fsp3) is 0.676. The molecule has 6 heteroatoms. The van der Waals surface area contributed by atoms with Crippen molar-refractivity contribution in [2.24, 2.45) is 0 Å². The lowest BCUT2D eigenvalue weighted by molar-refractivity contribution is -0.149. The predicted molar refractivity (Wildman–Crippen MR) is 184 cm³/mol. The molecule has 0 bridgehead atoms. The highest BCUT2D eigenvalue weighted by molar-refractivity contribution is 8.00. The first-order valence-corrected chi connectivity index (χ1v) is 17.9. The first-order chi connectivity index (χ1) is 21.0. The maximum Gasteiger partial charge on any atom is 0.112 e. The summed E-state index contributed by atoms with van der Waals surface area (Å²) in [6, 6.07) is 18.0. The molecule has 2 aromatic carbocycles. The molecule has 0 N–H and O–H groups in total. The topological polar surface area (TPSA) is 40.2 Å². The van der Waals surface area contributed by atoms with Crippen molar-refractivity contribution in [3.8, 4) is 0 Å². The maximum absolute atomic E-state index is 6.78. The van der Waals surface area contributed by atoms with Crippen LogP contribution in [0.25, 0.3) is 0 Å². The lowest BCUT2D eigenvalue weighted by Gasteiger charge is -2.46. The Hall–Kier alpha value is -1.57. The Balaban J connectivity index is 1.93. The van der Waals surface area contributed by atoms with Gasteiger partial charge in [0.15, 0.2) is 0 Å². The summed E-state index contributed by atoms with van der Waals surface area (Å²) in [7, 11) is 4.17. The molecule has 0 amide bonds. The number of thioether (sulfide) groups is 1. The van der Waals surface area contributed by atoms with Crippen molar-refractivity contribution in [3.63, 3.8) is 0 Å². The van der Waals surface area contributed by atoms with Gasteiger partial charge in [-0.2, -0.15) is 0 Å². The van der Waals surface area contributed by atoms with E-state index in [1.54, 1.807) is 0 Å². The Morgan fingerprint density at radius 1 is 0.651 bits per heavy atom. The first-order valence-electron chi connectivity index (χ1n) is 16.9. The molecule has 0 aromatic heterocycles. The minimum absolute atomic E-state index is 0.0590. The Bertz CT molecular complexity index is 1000. The molecule has 1 saturated heterocycles. The van der Waals surface area contributed by atoms with E-state index in [0.717, 1.165) is 84.2 Å². The highest BCUT2D eigenvalue weighted by Gasteiger charge is 2.48. The molecule has 0 spiro atoms. The second-order valence-electron chi connectivity index (χ2n) is 12.1. The lowest BCUT2D eigenvalue weighted by Crippen LogP contribution is -2.55. The van der Waals surface area contributed by atoms with Crippen molar-refractivity contribution < 1.29 is 18.9 Å². The minimum atomic E-state index is -0.131. The Kier molecular flexibility index (Phi) is 17.1. The van der Waals surface area contributed by atoms with E-state index in [2.05, 4.69) is 95.2 Å². The van der Waals surface area contributed by atoms with Crippen LogP contribution in [0.5, 0.6) is 0 Å². The van der Waals surface area contributed by atoms with Crippen LogP contribution in [-0.4, -0.2) is 70.7 Å². The normalized spacial score (nSPS) is 22.1. The van der Waals surface area contributed by atoms with Crippen LogP contribution in [0.3, 0.4) is 0 Å². The largest absolute Gasteiger partial charge is 0.380 e. The Morgan fingerprint density at radius 3 is 1.84 bits per heavy atom. The molecule has 1 aliphatic rings. The third-order valence-electron chi connectivity index (χ3n) is 8.12. The summed E-state index contributed by atoms with van der Waals surface area (Å²) in [5.41, 5.74) is 5.18. The molecular formula is C37H59NO4S. The molecule has 1 fully saturated rings. The van der Waals surface area contributed by atoms with E-state index >= 15 is 0 Å². The van der Waals surface area contributed by atoms with Crippen LogP contribution in [-0.2, 0) is 25.4 Å². The van der Waals surface area contributed by atoms with E-state index in [1.165, 1.54) is 22.4 Å². The van der Waals surface area contributed by atoms with Gasteiger partial charge in [0.1, 0.15) is 18.3 Å². The van der Waals surface area contributed by atoms with E-state index in [1.807, 2.05) is 11.8 Å². The van der Waals surface area contributed by atoms with E-state index < -0.39 is 0 Å². The highest BCUT2D eigenvalue weighted by atomic mass is 32.2. The molecule has 43 heavy (non-hydrogen) atoms. The SMILES string of the molecule is CCCCOC[C@H]1S[C@@H](c2cccc(Cc3ccc(N(C)C)cc3)c2)[C@H](OCCCC)[C@@H](OCCCC)[C@@H]1OCCCC. The van der Waals surface area contributed by atoms with Gasteiger partial charge in [0.2, 0.25) is 0 Å².